The van der Waals surface area contributed by atoms with Gasteiger partial charge < -0.3 is 10.1 Å². The third-order valence-electron chi connectivity index (χ3n) is 4.15. The monoisotopic (exact) mass is 310 g/mol. The lowest BCUT2D eigenvalue weighted by Gasteiger charge is -2.34. The molecule has 21 heavy (non-hydrogen) atoms. The van der Waals surface area contributed by atoms with Crippen LogP contribution in [0.25, 0.3) is 0 Å². The second kappa shape index (κ2) is 10.3. The molecule has 2 heterocycles. The molecule has 0 bridgehead atoms. The highest BCUT2D eigenvalue weighted by Crippen LogP contribution is 2.25. The molecule has 4 heteroatoms. The number of thiophene rings is 1. The van der Waals surface area contributed by atoms with Gasteiger partial charge in [-0.2, -0.15) is 0 Å². The Morgan fingerprint density at radius 2 is 2.05 bits per heavy atom. The number of ether oxygens (including phenoxy) is 1. The van der Waals surface area contributed by atoms with Gasteiger partial charge in [-0.3, -0.25) is 4.90 Å². The highest BCUT2D eigenvalue weighted by molar-refractivity contribution is 7.10. The third kappa shape index (κ3) is 6.07. The van der Waals surface area contributed by atoms with Crippen molar-refractivity contribution in [3.05, 3.63) is 22.4 Å². The number of unbranched alkanes of at least 4 members (excludes halogenated alkanes) is 4. The number of rotatable bonds is 10. The van der Waals surface area contributed by atoms with E-state index in [2.05, 4.69) is 34.7 Å². The predicted octanol–water partition coefficient (Wildman–Crippen LogP) is 3.68. The molecule has 0 aliphatic carbocycles. The highest BCUT2D eigenvalue weighted by Gasteiger charge is 2.22. The van der Waals surface area contributed by atoms with Crippen LogP contribution in [-0.2, 0) is 4.74 Å². The molecular formula is C17H30N2OS. The molecule has 1 aliphatic heterocycles. The summed E-state index contributed by atoms with van der Waals surface area (Å²) in [5, 5.41) is 5.86. The molecule has 1 aromatic rings. The fourth-order valence-electron chi connectivity index (χ4n) is 2.87. The fraction of sp³-hybridized carbons (Fsp3) is 0.765. The van der Waals surface area contributed by atoms with Crippen molar-refractivity contribution >= 4 is 11.3 Å². The van der Waals surface area contributed by atoms with Crippen LogP contribution in [0.3, 0.4) is 0 Å². The molecule has 0 spiro atoms. The maximum absolute atomic E-state index is 5.49. The Kier molecular flexibility index (Phi) is 8.33. The van der Waals surface area contributed by atoms with E-state index in [1.165, 1.54) is 37.0 Å². The first-order valence-electron chi connectivity index (χ1n) is 8.47. The van der Waals surface area contributed by atoms with Crippen molar-refractivity contribution in [1.29, 1.82) is 0 Å². The van der Waals surface area contributed by atoms with Gasteiger partial charge in [0.15, 0.2) is 0 Å². The van der Waals surface area contributed by atoms with Crippen molar-refractivity contribution in [1.82, 2.24) is 10.2 Å². The van der Waals surface area contributed by atoms with E-state index < -0.39 is 0 Å². The van der Waals surface area contributed by atoms with E-state index >= 15 is 0 Å². The van der Waals surface area contributed by atoms with Crippen LogP contribution >= 0.6 is 11.3 Å². The predicted molar refractivity (Wildman–Crippen MR) is 91.1 cm³/mol. The molecule has 1 unspecified atom stereocenters. The summed E-state index contributed by atoms with van der Waals surface area (Å²) in [6.07, 6.45) is 6.76. The summed E-state index contributed by atoms with van der Waals surface area (Å²) in [6.45, 7) is 8.34. The Labute approximate surface area is 133 Å². The van der Waals surface area contributed by atoms with Gasteiger partial charge in [-0.15, -0.1) is 11.3 Å². The topological polar surface area (TPSA) is 24.5 Å². The molecule has 0 amide bonds. The molecule has 3 nitrogen and oxygen atoms in total. The minimum atomic E-state index is 0.518. The normalized spacial score (nSPS) is 18.0. The van der Waals surface area contributed by atoms with E-state index in [0.29, 0.717) is 6.04 Å². The maximum Gasteiger partial charge on any atom is 0.0594 e. The summed E-state index contributed by atoms with van der Waals surface area (Å²) in [4.78, 5) is 4.05. The Hall–Kier alpha value is -0.420. The van der Waals surface area contributed by atoms with E-state index in [9.17, 15) is 0 Å². The Bertz CT molecular complexity index is 350. The summed E-state index contributed by atoms with van der Waals surface area (Å²) in [5.41, 5.74) is 0. The number of nitrogens with one attached hydrogen (secondary N) is 1. The van der Waals surface area contributed by atoms with Gasteiger partial charge >= 0.3 is 0 Å². The van der Waals surface area contributed by atoms with Crippen LogP contribution in [-0.4, -0.2) is 44.3 Å². The molecule has 1 aromatic heterocycles. The maximum atomic E-state index is 5.49. The lowest BCUT2D eigenvalue weighted by molar-refractivity contribution is 0.0169. The summed E-state index contributed by atoms with van der Waals surface area (Å²) in [7, 11) is 0. The first-order chi connectivity index (χ1) is 10.4. The van der Waals surface area contributed by atoms with Gasteiger partial charge in [0, 0.05) is 24.5 Å². The van der Waals surface area contributed by atoms with Crippen LogP contribution in [0.4, 0.5) is 0 Å². The van der Waals surface area contributed by atoms with Crippen molar-refractivity contribution in [3.8, 4) is 0 Å². The van der Waals surface area contributed by atoms with Crippen molar-refractivity contribution in [2.45, 2.75) is 45.1 Å². The van der Waals surface area contributed by atoms with Gasteiger partial charge in [0.05, 0.1) is 19.3 Å². The van der Waals surface area contributed by atoms with Crippen LogP contribution < -0.4 is 5.32 Å². The Balaban J connectivity index is 1.72. The number of morpholine rings is 1. The molecular weight excluding hydrogens is 280 g/mol. The summed E-state index contributed by atoms with van der Waals surface area (Å²) >= 11 is 1.88. The van der Waals surface area contributed by atoms with E-state index in [4.69, 9.17) is 4.74 Å². The summed E-state index contributed by atoms with van der Waals surface area (Å²) in [6, 6.07) is 4.95. The van der Waals surface area contributed by atoms with Gasteiger partial charge in [-0.05, 0) is 24.4 Å². The van der Waals surface area contributed by atoms with Crippen molar-refractivity contribution in [3.63, 3.8) is 0 Å². The zero-order valence-electron chi connectivity index (χ0n) is 13.4. The smallest absolute Gasteiger partial charge is 0.0594 e. The average molecular weight is 311 g/mol. The second-order valence-corrected chi connectivity index (χ2v) is 6.78. The van der Waals surface area contributed by atoms with E-state index in [1.807, 2.05) is 11.3 Å². The van der Waals surface area contributed by atoms with Crippen molar-refractivity contribution < 1.29 is 4.74 Å². The van der Waals surface area contributed by atoms with Crippen LogP contribution in [0.2, 0.25) is 0 Å². The highest BCUT2D eigenvalue weighted by atomic mass is 32.1. The lowest BCUT2D eigenvalue weighted by Crippen LogP contribution is -2.42. The van der Waals surface area contributed by atoms with E-state index in [-0.39, 0.29) is 0 Å². The van der Waals surface area contributed by atoms with Gasteiger partial charge in [0.2, 0.25) is 0 Å². The average Bonchev–Trinajstić information content (AvgIpc) is 3.05. The molecule has 0 radical (unpaired) electrons. The zero-order valence-corrected chi connectivity index (χ0v) is 14.2. The number of hydrogen-bond donors (Lipinski definition) is 1. The van der Waals surface area contributed by atoms with Crippen molar-refractivity contribution in [2.24, 2.45) is 0 Å². The first kappa shape index (κ1) is 16.9. The van der Waals surface area contributed by atoms with E-state index in [1.54, 1.807) is 0 Å². The van der Waals surface area contributed by atoms with Gasteiger partial charge in [-0.25, -0.2) is 0 Å². The minimum Gasteiger partial charge on any atom is -0.379 e. The summed E-state index contributed by atoms with van der Waals surface area (Å²) in [5.74, 6) is 0. The largest absolute Gasteiger partial charge is 0.379 e. The molecule has 1 fully saturated rings. The Morgan fingerprint density at radius 3 is 2.76 bits per heavy atom. The number of nitrogens with zero attached hydrogens (tertiary/aromatic N) is 1. The van der Waals surface area contributed by atoms with Gasteiger partial charge in [0.1, 0.15) is 0 Å². The second-order valence-electron chi connectivity index (χ2n) is 5.80. The number of hydrogen-bond acceptors (Lipinski definition) is 4. The molecule has 2 rings (SSSR count). The van der Waals surface area contributed by atoms with Gasteiger partial charge in [-0.1, -0.05) is 38.7 Å². The third-order valence-corrected chi connectivity index (χ3v) is 5.13. The summed E-state index contributed by atoms with van der Waals surface area (Å²) < 4.78 is 5.49. The van der Waals surface area contributed by atoms with Crippen LogP contribution in [0.1, 0.15) is 49.9 Å². The van der Waals surface area contributed by atoms with E-state index in [0.717, 1.165) is 39.4 Å². The lowest BCUT2D eigenvalue weighted by atomic mass is 10.1. The Morgan fingerprint density at radius 1 is 1.24 bits per heavy atom. The molecule has 0 aromatic carbocycles. The first-order valence-corrected chi connectivity index (χ1v) is 9.35. The molecule has 0 saturated carbocycles. The van der Waals surface area contributed by atoms with Crippen molar-refractivity contribution in [2.75, 3.05) is 39.4 Å². The molecule has 120 valence electrons. The van der Waals surface area contributed by atoms with Gasteiger partial charge in [0.25, 0.3) is 0 Å². The van der Waals surface area contributed by atoms with Crippen LogP contribution in [0.5, 0.6) is 0 Å². The molecule has 1 N–H and O–H groups in total. The molecule has 1 atom stereocenters. The fourth-order valence-corrected chi connectivity index (χ4v) is 3.73. The quantitative estimate of drug-likeness (QED) is 0.667. The minimum absolute atomic E-state index is 0.518. The zero-order chi connectivity index (χ0) is 14.8. The standard InChI is InChI=1S/C17H30N2OS/c1-2-3-4-5-6-9-18-15-16(17-8-7-14-21-17)19-10-12-20-13-11-19/h7-8,14,16,18H,2-6,9-13,15H2,1H3. The van der Waals surface area contributed by atoms with Crippen LogP contribution in [0, 0.1) is 0 Å². The molecule has 1 aliphatic rings. The SMILES string of the molecule is CCCCCCCNCC(c1cccs1)N1CCOCC1. The molecule has 1 saturated heterocycles. The van der Waals surface area contributed by atoms with Crippen LogP contribution in [0.15, 0.2) is 17.5 Å².